The molecule has 1 saturated heterocycles. The van der Waals surface area contributed by atoms with E-state index in [1.54, 1.807) is 0 Å². The molecule has 4 heteroatoms. The molecule has 126 valence electrons. The predicted octanol–water partition coefficient (Wildman–Crippen LogP) is 2.66. The monoisotopic (exact) mass is 323 g/mol. The van der Waals surface area contributed by atoms with E-state index in [1.807, 2.05) is 23.1 Å². The summed E-state index contributed by atoms with van der Waals surface area (Å²) >= 11 is 0. The molecule has 0 aromatic heterocycles. The van der Waals surface area contributed by atoms with Crippen LogP contribution in [0.25, 0.3) is 0 Å². The second kappa shape index (κ2) is 6.57. The molecule has 3 atom stereocenters. The van der Waals surface area contributed by atoms with Crippen molar-refractivity contribution in [2.75, 3.05) is 19.6 Å². The van der Waals surface area contributed by atoms with Gasteiger partial charge >= 0.3 is 0 Å². The van der Waals surface area contributed by atoms with E-state index in [9.17, 15) is 10.1 Å². The van der Waals surface area contributed by atoms with Crippen molar-refractivity contribution in [2.24, 2.45) is 17.8 Å². The van der Waals surface area contributed by atoms with Gasteiger partial charge in [0.15, 0.2) is 0 Å². The molecule has 1 aliphatic heterocycles. The second-order valence-electron chi connectivity index (χ2n) is 7.52. The lowest BCUT2D eigenvalue weighted by atomic mass is 10.0. The number of benzene rings is 1. The first kappa shape index (κ1) is 15.7. The Morgan fingerprint density at radius 2 is 1.83 bits per heavy atom. The zero-order valence-electron chi connectivity index (χ0n) is 14.1. The average molecular weight is 323 g/mol. The summed E-state index contributed by atoms with van der Waals surface area (Å²) < 4.78 is 0. The van der Waals surface area contributed by atoms with E-state index < -0.39 is 0 Å². The molecule has 1 heterocycles. The molecule has 2 aliphatic carbocycles. The molecule has 1 aromatic rings. The van der Waals surface area contributed by atoms with Gasteiger partial charge in [-0.05, 0) is 30.2 Å². The molecule has 1 aromatic carbocycles. The molecule has 3 aliphatic rings. The fourth-order valence-corrected chi connectivity index (χ4v) is 4.72. The van der Waals surface area contributed by atoms with Crippen molar-refractivity contribution in [1.29, 1.82) is 5.26 Å². The van der Waals surface area contributed by atoms with Gasteiger partial charge in [0.1, 0.15) is 6.04 Å². The van der Waals surface area contributed by atoms with Gasteiger partial charge in [-0.25, -0.2) is 0 Å². The number of carbonyl (C=O) groups is 1. The number of hydrogen-bond acceptors (Lipinski definition) is 3. The fourth-order valence-electron chi connectivity index (χ4n) is 4.72. The number of piperazine rings is 1. The third-order valence-electron chi connectivity index (χ3n) is 6.12. The quantitative estimate of drug-likeness (QED) is 0.859. The van der Waals surface area contributed by atoms with Crippen molar-refractivity contribution in [3.05, 3.63) is 35.9 Å². The minimum atomic E-state index is -0.191. The highest BCUT2D eigenvalue weighted by atomic mass is 16.2. The van der Waals surface area contributed by atoms with Crippen molar-refractivity contribution < 1.29 is 4.79 Å². The van der Waals surface area contributed by atoms with Crippen LogP contribution in [0.5, 0.6) is 0 Å². The Labute approximate surface area is 144 Å². The Morgan fingerprint density at radius 3 is 2.50 bits per heavy atom. The number of carbonyl (C=O) groups excluding carboxylic acids is 1. The number of fused-ring (bicyclic) bond motifs is 1. The van der Waals surface area contributed by atoms with Gasteiger partial charge in [-0.1, -0.05) is 43.2 Å². The summed E-state index contributed by atoms with van der Waals surface area (Å²) in [6.07, 6.45) is 5.04. The third kappa shape index (κ3) is 2.93. The minimum Gasteiger partial charge on any atom is -0.339 e. The van der Waals surface area contributed by atoms with Gasteiger partial charge in [-0.2, -0.15) is 5.26 Å². The van der Waals surface area contributed by atoms with Gasteiger partial charge in [-0.3, -0.25) is 9.69 Å². The van der Waals surface area contributed by atoms with Crippen LogP contribution in [0.15, 0.2) is 30.3 Å². The van der Waals surface area contributed by atoms with Crippen LogP contribution >= 0.6 is 0 Å². The van der Waals surface area contributed by atoms with Gasteiger partial charge in [0.2, 0.25) is 5.91 Å². The lowest BCUT2D eigenvalue weighted by Crippen LogP contribution is -2.54. The number of hydrogen-bond donors (Lipinski definition) is 0. The molecule has 0 bridgehead atoms. The van der Waals surface area contributed by atoms with Crippen LogP contribution in [-0.4, -0.2) is 41.4 Å². The van der Waals surface area contributed by atoms with Crippen LogP contribution in [0.2, 0.25) is 0 Å². The zero-order chi connectivity index (χ0) is 16.5. The predicted molar refractivity (Wildman–Crippen MR) is 91.8 cm³/mol. The topological polar surface area (TPSA) is 47.3 Å². The van der Waals surface area contributed by atoms with Crippen molar-refractivity contribution in [3.8, 4) is 6.07 Å². The van der Waals surface area contributed by atoms with Gasteiger partial charge in [0.05, 0.1) is 6.07 Å². The van der Waals surface area contributed by atoms with Crippen molar-refractivity contribution in [2.45, 2.75) is 38.3 Å². The average Bonchev–Trinajstić information content (AvgIpc) is 3.36. The molecule has 2 saturated carbocycles. The molecule has 3 fully saturated rings. The Bertz CT molecular complexity index is 626. The number of nitrogens with zero attached hydrogens (tertiary/aromatic N) is 3. The van der Waals surface area contributed by atoms with E-state index >= 15 is 0 Å². The zero-order valence-corrected chi connectivity index (χ0v) is 14.1. The van der Waals surface area contributed by atoms with E-state index in [-0.39, 0.29) is 12.0 Å². The maximum atomic E-state index is 12.9. The van der Waals surface area contributed by atoms with Gasteiger partial charge < -0.3 is 4.90 Å². The van der Waals surface area contributed by atoms with E-state index in [0.29, 0.717) is 24.3 Å². The Kier molecular flexibility index (Phi) is 4.28. The van der Waals surface area contributed by atoms with Crippen LogP contribution < -0.4 is 0 Å². The van der Waals surface area contributed by atoms with Gasteiger partial charge in [0, 0.05) is 32.1 Å². The first-order chi connectivity index (χ1) is 11.8. The molecule has 4 nitrogen and oxygen atoms in total. The van der Waals surface area contributed by atoms with Crippen LogP contribution in [0.1, 0.15) is 31.2 Å². The lowest BCUT2D eigenvalue weighted by Gasteiger charge is -2.38. The molecular weight excluding hydrogens is 298 g/mol. The molecule has 0 spiro atoms. The summed E-state index contributed by atoms with van der Waals surface area (Å²) in [5.74, 6) is 1.89. The Hall–Kier alpha value is -1.86. The van der Waals surface area contributed by atoms with Crippen molar-refractivity contribution in [3.63, 3.8) is 0 Å². The van der Waals surface area contributed by atoms with Crippen LogP contribution in [0.4, 0.5) is 0 Å². The first-order valence-corrected chi connectivity index (χ1v) is 9.24. The lowest BCUT2D eigenvalue weighted by molar-refractivity contribution is -0.135. The highest BCUT2D eigenvalue weighted by Crippen LogP contribution is 2.56. The summed E-state index contributed by atoms with van der Waals surface area (Å²) in [6, 6.07) is 12.5. The van der Waals surface area contributed by atoms with Crippen molar-refractivity contribution >= 4 is 5.91 Å². The highest BCUT2D eigenvalue weighted by Gasteiger charge is 2.56. The standard InChI is InChI=1S/C20H25N3O/c21-12-16-14-23(20(24)19-17-8-4-5-9-18(17)19)11-10-22(16)13-15-6-2-1-3-7-15/h1-3,6-7,16-19H,4-5,8-11,13-14H2. The normalized spacial score (nSPS) is 32.7. The van der Waals surface area contributed by atoms with Crippen LogP contribution in [0, 0.1) is 29.1 Å². The smallest absolute Gasteiger partial charge is 0.226 e. The minimum absolute atomic E-state index is 0.191. The maximum absolute atomic E-state index is 12.9. The number of amides is 1. The summed E-state index contributed by atoms with van der Waals surface area (Å²) in [6.45, 7) is 2.91. The summed E-state index contributed by atoms with van der Waals surface area (Å²) in [7, 11) is 0. The molecule has 24 heavy (non-hydrogen) atoms. The SMILES string of the molecule is N#CC1CN(C(=O)C2C3CCCCC32)CCN1Cc1ccccc1. The molecule has 3 unspecified atom stereocenters. The van der Waals surface area contributed by atoms with E-state index in [2.05, 4.69) is 23.1 Å². The van der Waals surface area contributed by atoms with Gasteiger partial charge in [0.25, 0.3) is 0 Å². The molecule has 0 radical (unpaired) electrons. The van der Waals surface area contributed by atoms with Crippen LogP contribution in [0.3, 0.4) is 0 Å². The molecular formula is C20H25N3O. The summed E-state index contributed by atoms with van der Waals surface area (Å²) in [5.41, 5.74) is 1.23. The fraction of sp³-hybridized carbons (Fsp3) is 0.600. The number of rotatable bonds is 3. The Morgan fingerprint density at radius 1 is 1.12 bits per heavy atom. The second-order valence-corrected chi connectivity index (χ2v) is 7.52. The molecule has 4 rings (SSSR count). The molecule has 1 amide bonds. The van der Waals surface area contributed by atoms with E-state index in [4.69, 9.17) is 0 Å². The largest absolute Gasteiger partial charge is 0.339 e. The first-order valence-electron chi connectivity index (χ1n) is 9.24. The highest BCUT2D eigenvalue weighted by molar-refractivity contribution is 5.82. The van der Waals surface area contributed by atoms with Crippen LogP contribution in [-0.2, 0) is 11.3 Å². The summed E-state index contributed by atoms with van der Waals surface area (Å²) in [5, 5.41) is 9.57. The van der Waals surface area contributed by atoms with E-state index in [1.165, 1.54) is 31.2 Å². The van der Waals surface area contributed by atoms with Crippen molar-refractivity contribution in [1.82, 2.24) is 9.80 Å². The summed E-state index contributed by atoms with van der Waals surface area (Å²) in [4.78, 5) is 17.0. The van der Waals surface area contributed by atoms with E-state index in [0.717, 1.165) is 19.6 Å². The Balaban J connectivity index is 1.37. The maximum Gasteiger partial charge on any atom is 0.226 e. The van der Waals surface area contributed by atoms with Gasteiger partial charge in [-0.15, -0.1) is 0 Å². The third-order valence-corrected chi connectivity index (χ3v) is 6.12. The number of nitriles is 1. The molecule has 0 N–H and O–H groups in total.